The van der Waals surface area contributed by atoms with Crippen molar-refractivity contribution in [3.8, 4) is 11.8 Å². The van der Waals surface area contributed by atoms with Crippen LogP contribution in [-0.2, 0) is 9.53 Å². The molecule has 2 fully saturated rings. The Labute approximate surface area is 329 Å². The lowest BCUT2D eigenvalue weighted by Gasteiger charge is -2.31. The van der Waals surface area contributed by atoms with Gasteiger partial charge in [0.05, 0.1) is 34.2 Å². The van der Waals surface area contributed by atoms with Crippen LogP contribution in [0.2, 0.25) is 0 Å². The van der Waals surface area contributed by atoms with Crippen LogP contribution < -0.4 is 0 Å². The molecule has 2 aliphatic rings. The normalized spacial score (nSPS) is 22.8. The Balaban J connectivity index is 1.05. The third kappa shape index (κ3) is 6.88. The number of fused-ring (bicyclic) bond motifs is 6. The Morgan fingerprint density at radius 1 is 0.786 bits per heavy atom. The number of aromatic amines is 2. The van der Waals surface area contributed by atoms with Crippen LogP contribution in [0.1, 0.15) is 123 Å². The van der Waals surface area contributed by atoms with Gasteiger partial charge in [0.15, 0.2) is 0 Å². The summed E-state index contributed by atoms with van der Waals surface area (Å²) in [6.45, 7) is 18.6. The van der Waals surface area contributed by atoms with E-state index in [2.05, 4.69) is 123 Å². The summed E-state index contributed by atoms with van der Waals surface area (Å²) in [5.74, 6) is 9.74. The molecule has 2 saturated heterocycles. The quantitative estimate of drug-likeness (QED) is 0.171. The maximum absolute atomic E-state index is 13.4. The maximum atomic E-state index is 13.4. The first-order valence-corrected chi connectivity index (χ1v) is 20.4. The van der Waals surface area contributed by atoms with Crippen molar-refractivity contribution in [3.63, 3.8) is 0 Å². The average molecular weight is 751 g/mol. The Kier molecular flexibility index (Phi) is 9.59. The highest BCUT2D eigenvalue weighted by Gasteiger charge is 2.44. The molecule has 9 heteroatoms. The SMILES string of the molecule is CC[C@@H]1C[C@@H](c2nc3c(ccc4cc(C#Cc5ccc6c(ccc7[nH]c([C@@H]8C[C@@H](C)C(C)N8C(=O)OC(C)(C)C)nc76)c5)ccc43)[nH]2)N(C(=O)CC(C)C)C1C. The van der Waals surface area contributed by atoms with Crippen molar-refractivity contribution in [1.29, 1.82) is 0 Å². The van der Waals surface area contributed by atoms with E-state index in [1.165, 1.54) is 0 Å². The van der Waals surface area contributed by atoms with Gasteiger partial charge in [0.2, 0.25) is 5.91 Å². The monoisotopic (exact) mass is 750 g/mol. The number of H-pyrrole nitrogens is 2. The van der Waals surface area contributed by atoms with Crippen molar-refractivity contribution in [2.24, 2.45) is 17.8 Å². The summed E-state index contributed by atoms with van der Waals surface area (Å²) in [7, 11) is 0. The van der Waals surface area contributed by atoms with Crippen LogP contribution in [0.3, 0.4) is 0 Å². The molecular formula is C47H54N6O3. The lowest BCUT2D eigenvalue weighted by molar-refractivity contribution is -0.135. The van der Waals surface area contributed by atoms with E-state index in [1.54, 1.807) is 0 Å². The van der Waals surface area contributed by atoms with Crippen LogP contribution in [0.4, 0.5) is 4.79 Å². The molecule has 4 aromatic carbocycles. The fourth-order valence-electron chi connectivity index (χ4n) is 9.04. The number of hydrogen-bond donors (Lipinski definition) is 2. The van der Waals surface area contributed by atoms with Crippen molar-refractivity contribution >= 4 is 55.6 Å². The number of nitrogens with zero attached hydrogens (tertiary/aromatic N) is 4. The van der Waals surface area contributed by atoms with Gasteiger partial charge < -0.3 is 19.6 Å². The summed E-state index contributed by atoms with van der Waals surface area (Å²) in [6, 6.07) is 20.9. The molecule has 2 unspecified atom stereocenters. The third-order valence-electron chi connectivity index (χ3n) is 12.1. The topological polar surface area (TPSA) is 107 Å². The van der Waals surface area contributed by atoms with Gasteiger partial charge in [-0.05, 0) is 112 Å². The van der Waals surface area contributed by atoms with Gasteiger partial charge in [-0.15, -0.1) is 0 Å². The molecule has 2 aliphatic heterocycles. The van der Waals surface area contributed by atoms with E-state index < -0.39 is 5.60 Å². The fourth-order valence-corrected chi connectivity index (χ4v) is 9.04. The number of ether oxygens (including phenoxy) is 1. The van der Waals surface area contributed by atoms with E-state index in [0.29, 0.717) is 24.2 Å². The molecule has 2 aromatic heterocycles. The Morgan fingerprint density at radius 2 is 1.32 bits per heavy atom. The van der Waals surface area contributed by atoms with Gasteiger partial charge in [-0.25, -0.2) is 14.8 Å². The highest BCUT2D eigenvalue weighted by Crippen LogP contribution is 2.43. The molecule has 0 bridgehead atoms. The van der Waals surface area contributed by atoms with Crippen LogP contribution in [0.25, 0.3) is 43.6 Å². The molecule has 0 saturated carbocycles. The molecule has 290 valence electrons. The van der Waals surface area contributed by atoms with Crippen LogP contribution in [0, 0.1) is 29.6 Å². The summed E-state index contributed by atoms with van der Waals surface area (Å²) in [4.78, 5) is 48.1. The first-order chi connectivity index (χ1) is 26.7. The number of hydrogen-bond acceptors (Lipinski definition) is 5. The number of carbonyl (C=O) groups excluding carboxylic acids is 2. The number of aromatic nitrogens is 4. The summed E-state index contributed by atoms with van der Waals surface area (Å²) in [6.07, 6.45) is 3.04. The first kappa shape index (κ1) is 37.6. The Bertz CT molecular complexity index is 2550. The zero-order chi connectivity index (χ0) is 39.6. The van der Waals surface area contributed by atoms with Gasteiger partial charge >= 0.3 is 6.09 Å². The number of imidazole rings is 2. The minimum absolute atomic E-state index is 0.0425. The largest absolute Gasteiger partial charge is 0.444 e. The van der Waals surface area contributed by atoms with Crippen molar-refractivity contribution in [1.82, 2.24) is 29.7 Å². The Hall–Kier alpha value is -5.36. The van der Waals surface area contributed by atoms with E-state index in [9.17, 15) is 9.59 Å². The molecule has 56 heavy (non-hydrogen) atoms. The number of carbonyl (C=O) groups is 2. The number of benzene rings is 4. The van der Waals surface area contributed by atoms with E-state index >= 15 is 0 Å². The number of likely N-dealkylation sites (tertiary alicyclic amines) is 2. The number of amides is 2. The van der Waals surface area contributed by atoms with E-state index in [4.69, 9.17) is 14.7 Å². The summed E-state index contributed by atoms with van der Waals surface area (Å²) >= 11 is 0. The third-order valence-corrected chi connectivity index (χ3v) is 12.1. The molecular weight excluding hydrogens is 697 g/mol. The molecule has 0 spiro atoms. The molecule has 0 aliphatic carbocycles. The van der Waals surface area contributed by atoms with Gasteiger partial charge in [-0.3, -0.25) is 9.69 Å². The van der Waals surface area contributed by atoms with Crippen molar-refractivity contribution in [2.75, 3.05) is 0 Å². The first-order valence-electron chi connectivity index (χ1n) is 20.4. The van der Waals surface area contributed by atoms with Crippen molar-refractivity contribution in [3.05, 3.63) is 83.4 Å². The second-order valence-corrected chi connectivity index (χ2v) is 17.7. The number of rotatable bonds is 5. The predicted octanol–water partition coefficient (Wildman–Crippen LogP) is 10.6. The van der Waals surface area contributed by atoms with E-state index in [-0.39, 0.29) is 36.2 Å². The summed E-state index contributed by atoms with van der Waals surface area (Å²) in [5.41, 5.74) is 5.01. The smallest absolute Gasteiger partial charge is 0.411 e. The van der Waals surface area contributed by atoms with Crippen molar-refractivity contribution in [2.45, 2.75) is 118 Å². The Morgan fingerprint density at radius 3 is 1.82 bits per heavy atom. The number of nitrogens with one attached hydrogen (secondary N) is 2. The highest BCUT2D eigenvalue weighted by atomic mass is 16.6. The highest BCUT2D eigenvalue weighted by molar-refractivity contribution is 6.05. The van der Waals surface area contributed by atoms with Gasteiger partial charge in [-0.2, -0.15) is 0 Å². The van der Waals surface area contributed by atoms with Crippen LogP contribution >= 0.6 is 0 Å². The lowest BCUT2D eigenvalue weighted by Crippen LogP contribution is -2.41. The summed E-state index contributed by atoms with van der Waals surface area (Å²) < 4.78 is 5.81. The fraction of sp³-hybridized carbons (Fsp3) is 0.447. The van der Waals surface area contributed by atoms with Crippen LogP contribution in [-0.4, -0.2) is 59.4 Å². The molecule has 0 radical (unpaired) electrons. The average Bonchev–Trinajstić information content (AvgIpc) is 3.92. The lowest BCUT2D eigenvalue weighted by atomic mass is 9.97. The van der Waals surface area contributed by atoms with Crippen molar-refractivity contribution < 1.29 is 14.3 Å². The van der Waals surface area contributed by atoms with E-state index in [0.717, 1.165) is 85.6 Å². The zero-order valence-corrected chi connectivity index (χ0v) is 34.2. The second-order valence-electron chi connectivity index (χ2n) is 17.7. The molecule has 8 rings (SSSR count). The predicted molar refractivity (Wildman–Crippen MR) is 224 cm³/mol. The van der Waals surface area contributed by atoms with Gasteiger partial charge in [0.25, 0.3) is 0 Å². The second kappa shape index (κ2) is 14.3. The molecule has 2 amide bonds. The van der Waals surface area contributed by atoms with Gasteiger partial charge in [-0.1, -0.05) is 70.2 Å². The minimum Gasteiger partial charge on any atom is -0.444 e. The van der Waals surface area contributed by atoms with E-state index in [1.807, 2.05) is 31.7 Å². The van der Waals surface area contributed by atoms with Crippen LogP contribution in [0.15, 0.2) is 60.7 Å². The van der Waals surface area contributed by atoms with Crippen LogP contribution in [0.5, 0.6) is 0 Å². The minimum atomic E-state index is -0.573. The molecule has 4 heterocycles. The zero-order valence-electron chi connectivity index (χ0n) is 34.2. The van der Waals surface area contributed by atoms with Gasteiger partial charge in [0, 0.05) is 40.4 Å². The van der Waals surface area contributed by atoms with Gasteiger partial charge in [0.1, 0.15) is 17.2 Å². The molecule has 9 nitrogen and oxygen atoms in total. The molecule has 2 N–H and O–H groups in total. The molecule has 6 aromatic rings. The summed E-state index contributed by atoms with van der Waals surface area (Å²) in [5, 5.41) is 4.24. The maximum Gasteiger partial charge on any atom is 0.411 e. The molecule has 6 atom stereocenters. The standard InChI is InChI=1S/C47H54N6O3/c1-10-32-25-40(52(29(32)6)41(54)21-26(2)3)45-49-38-20-16-34-24-31(14-18-36(34)43(38)51-45)12-11-30-13-17-35-33(23-30)15-19-37-42(35)50-44(48-37)39-22-27(4)28(5)53(39)46(55)56-47(7,8)9/h13-20,23-24,26-29,32,39-40H,10,21-22,25H2,1-9H3,(H,48,50)(H,49,51)/t27-,28?,29?,32-,39+,40+/m1/s1.